The maximum absolute atomic E-state index is 13.7. The van der Waals surface area contributed by atoms with Crippen molar-refractivity contribution in [2.24, 2.45) is 0 Å². The molecule has 1 atom stereocenters. The Morgan fingerprint density at radius 1 is 0.976 bits per heavy atom. The molecule has 2 aliphatic heterocycles. The lowest BCUT2D eigenvalue weighted by atomic mass is 9.87. The predicted octanol–water partition coefficient (Wildman–Crippen LogP) is 8.08. The molecule has 2 aliphatic rings. The number of imide groups is 1. The number of carbonyl (C=O) groups is 2. The van der Waals surface area contributed by atoms with Crippen molar-refractivity contribution in [1.29, 1.82) is 0 Å². The van der Waals surface area contributed by atoms with E-state index in [9.17, 15) is 35.9 Å². The van der Waals surface area contributed by atoms with E-state index in [4.69, 9.17) is 39.5 Å². The molecule has 3 amide bonds. The summed E-state index contributed by atoms with van der Waals surface area (Å²) < 4.78 is 92.6. The fourth-order valence-corrected chi connectivity index (χ4v) is 5.99. The highest BCUT2D eigenvalue weighted by molar-refractivity contribution is 6.48. The Balaban J connectivity index is 1.43. The van der Waals surface area contributed by atoms with E-state index in [1.54, 1.807) is 6.92 Å². The van der Waals surface area contributed by atoms with Crippen LogP contribution in [0.25, 0.3) is 0 Å². The number of fused-ring (bicyclic) bond motifs is 1. The van der Waals surface area contributed by atoms with E-state index in [-0.39, 0.29) is 57.1 Å². The van der Waals surface area contributed by atoms with E-state index < -0.39 is 47.6 Å². The minimum absolute atomic E-state index is 0.0160. The normalized spacial score (nSPS) is 20.2. The molecular weight excluding hydrogens is 637 g/mol. The van der Waals surface area contributed by atoms with Crippen LogP contribution in [-0.4, -0.2) is 42.3 Å². The first kappa shape index (κ1) is 32.5. The second-order valence-electron chi connectivity index (χ2n) is 10.1. The first-order chi connectivity index (χ1) is 19.5. The van der Waals surface area contributed by atoms with Crippen molar-refractivity contribution in [3.63, 3.8) is 0 Å². The van der Waals surface area contributed by atoms with Gasteiger partial charge in [-0.3, -0.25) is 9.69 Å². The molecule has 230 valence electrons. The first-order valence-corrected chi connectivity index (χ1v) is 14.0. The first-order valence-electron chi connectivity index (χ1n) is 12.8. The maximum Gasteiger partial charge on any atom is 0.430 e. The average Bonchev–Trinajstić information content (AvgIpc) is 3.40. The van der Waals surface area contributed by atoms with Gasteiger partial charge < -0.3 is 14.8 Å². The van der Waals surface area contributed by atoms with Crippen molar-refractivity contribution in [3.05, 3.63) is 61.6 Å². The number of hydrogen-bond donors (Lipinski definition) is 1. The third-order valence-corrected chi connectivity index (χ3v) is 8.67. The molecule has 0 aromatic heterocycles. The number of rotatable bonds is 9. The summed E-state index contributed by atoms with van der Waals surface area (Å²) in [6, 6.07) is 4.15. The van der Waals surface area contributed by atoms with Crippen LogP contribution in [-0.2, 0) is 33.7 Å². The summed E-state index contributed by atoms with van der Waals surface area (Å²) in [6.07, 6.45) is -10.2. The second kappa shape index (κ2) is 11.6. The lowest BCUT2D eigenvalue weighted by Crippen LogP contribution is -2.53. The third-order valence-electron chi connectivity index (χ3n) is 7.38. The van der Waals surface area contributed by atoms with E-state index in [2.05, 4.69) is 10.1 Å². The van der Waals surface area contributed by atoms with E-state index in [1.807, 2.05) is 0 Å². The number of alkyl halides is 6. The molecule has 0 radical (unpaired) electrons. The summed E-state index contributed by atoms with van der Waals surface area (Å²) in [7, 11) is 0. The van der Waals surface area contributed by atoms with Gasteiger partial charge in [-0.1, -0.05) is 60.3 Å². The standard InChI is InChI=1S/C27H25Cl3F6N2O4/c1-3-6-14-15-13-42-25(26(31,32)33,27(34,35)36)16(15)8-10-19(14)41-12-5-4-11-38-22(39)24(2,37-23(38)40)17-7-9-18(28)21(30)20(17)29/h7-10H,3-6,11-13H2,1-2H3,(H,37,40). The van der Waals surface area contributed by atoms with Gasteiger partial charge in [0.25, 0.3) is 11.5 Å². The average molecular weight is 662 g/mol. The van der Waals surface area contributed by atoms with Gasteiger partial charge in [0.2, 0.25) is 0 Å². The van der Waals surface area contributed by atoms with Crippen LogP contribution in [0.4, 0.5) is 31.1 Å². The monoisotopic (exact) mass is 660 g/mol. The molecule has 0 bridgehead atoms. The van der Waals surface area contributed by atoms with Crippen LogP contribution in [0.1, 0.15) is 55.4 Å². The summed E-state index contributed by atoms with van der Waals surface area (Å²) >= 11 is 18.4. The van der Waals surface area contributed by atoms with Gasteiger partial charge in [-0.25, -0.2) is 4.79 Å². The molecule has 1 N–H and O–H groups in total. The molecular formula is C27H25Cl3F6N2O4. The number of nitrogens with zero attached hydrogens (tertiary/aromatic N) is 1. The van der Waals surface area contributed by atoms with Gasteiger partial charge in [0, 0.05) is 23.2 Å². The third kappa shape index (κ3) is 5.28. The van der Waals surface area contributed by atoms with Crippen LogP contribution in [0.2, 0.25) is 15.1 Å². The number of carbonyl (C=O) groups excluding carboxylic acids is 2. The van der Waals surface area contributed by atoms with Crippen molar-refractivity contribution >= 4 is 46.7 Å². The zero-order chi connectivity index (χ0) is 31.3. The molecule has 0 aliphatic carbocycles. The number of ether oxygens (including phenoxy) is 2. The molecule has 6 nitrogen and oxygen atoms in total. The Hall–Kier alpha value is -2.41. The van der Waals surface area contributed by atoms with Gasteiger partial charge >= 0.3 is 18.4 Å². The topological polar surface area (TPSA) is 67.9 Å². The lowest BCUT2D eigenvalue weighted by Gasteiger charge is -2.33. The summed E-state index contributed by atoms with van der Waals surface area (Å²) in [5, 5.41) is 2.87. The molecule has 4 rings (SSSR count). The number of halogens is 9. The zero-order valence-electron chi connectivity index (χ0n) is 22.2. The number of urea groups is 1. The fourth-order valence-electron chi connectivity index (χ4n) is 5.26. The fraction of sp³-hybridized carbons (Fsp3) is 0.481. The number of amides is 3. The quantitative estimate of drug-likeness (QED) is 0.128. The van der Waals surface area contributed by atoms with Crippen molar-refractivity contribution in [3.8, 4) is 5.75 Å². The molecule has 0 spiro atoms. The second-order valence-corrected chi connectivity index (χ2v) is 11.2. The van der Waals surface area contributed by atoms with Crippen LogP contribution < -0.4 is 10.1 Å². The van der Waals surface area contributed by atoms with Crippen molar-refractivity contribution in [2.45, 2.75) is 69.6 Å². The highest BCUT2D eigenvalue weighted by Crippen LogP contribution is 2.58. The van der Waals surface area contributed by atoms with Crippen molar-refractivity contribution < 1.29 is 45.4 Å². The number of nitrogens with one attached hydrogen (secondary N) is 1. The van der Waals surface area contributed by atoms with Crippen LogP contribution in [0, 0.1) is 0 Å². The molecule has 1 saturated heterocycles. The Bertz CT molecular complexity index is 1390. The van der Waals surface area contributed by atoms with Gasteiger partial charge in [-0.05, 0) is 43.9 Å². The predicted molar refractivity (Wildman–Crippen MR) is 143 cm³/mol. The highest BCUT2D eigenvalue weighted by atomic mass is 35.5. The molecule has 2 heterocycles. The molecule has 1 unspecified atom stereocenters. The van der Waals surface area contributed by atoms with Gasteiger partial charge in [0.15, 0.2) is 0 Å². The van der Waals surface area contributed by atoms with Crippen LogP contribution in [0.15, 0.2) is 24.3 Å². The smallest absolute Gasteiger partial charge is 0.430 e. The number of unbranched alkanes of at least 4 members (excludes halogenated alkanes) is 1. The Labute approximate surface area is 252 Å². The summed E-state index contributed by atoms with van der Waals surface area (Å²) in [5.74, 6) is -0.411. The minimum atomic E-state index is -5.72. The number of benzene rings is 2. The van der Waals surface area contributed by atoms with Crippen LogP contribution >= 0.6 is 34.8 Å². The van der Waals surface area contributed by atoms with Gasteiger partial charge in [-0.15, -0.1) is 0 Å². The summed E-state index contributed by atoms with van der Waals surface area (Å²) in [5.41, 5.74) is -6.58. The Morgan fingerprint density at radius 3 is 2.24 bits per heavy atom. The van der Waals surface area contributed by atoms with E-state index >= 15 is 0 Å². The van der Waals surface area contributed by atoms with Crippen molar-refractivity contribution in [1.82, 2.24) is 10.2 Å². The number of hydrogen-bond acceptors (Lipinski definition) is 4. The zero-order valence-corrected chi connectivity index (χ0v) is 24.5. The summed E-state index contributed by atoms with van der Waals surface area (Å²) in [4.78, 5) is 26.8. The summed E-state index contributed by atoms with van der Waals surface area (Å²) in [6.45, 7) is 2.40. The molecule has 0 saturated carbocycles. The molecule has 2 aromatic carbocycles. The van der Waals surface area contributed by atoms with Gasteiger partial charge in [0.1, 0.15) is 11.3 Å². The molecule has 15 heteroatoms. The SMILES string of the molecule is CCCc1c(OCCCCN2C(=O)NC(C)(c3ccc(Cl)c(Cl)c3Cl)C2=O)ccc2c1COC2(C(F)(F)F)C(F)(F)F. The van der Waals surface area contributed by atoms with E-state index in [1.165, 1.54) is 19.1 Å². The van der Waals surface area contributed by atoms with Crippen LogP contribution in [0.3, 0.4) is 0 Å². The van der Waals surface area contributed by atoms with Crippen LogP contribution in [0.5, 0.6) is 5.75 Å². The van der Waals surface area contributed by atoms with E-state index in [0.29, 0.717) is 19.3 Å². The highest BCUT2D eigenvalue weighted by Gasteiger charge is 2.75. The minimum Gasteiger partial charge on any atom is -0.493 e. The molecule has 1 fully saturated rings. The molecule has 42 heavy (non-hydrogen) atoms. The van der Waals surface area contributed by atoms with Crippen molar-refractivity contribution in [2.75, 3.05) is 13.2 Å². The van der Waals surface area contributed by atoms with E-state index in [0.717, 1.165) is 17.0 Å². The largest absolute Gasteiger partial charge is 0.493 e. The Morgan fingerprint density at radius 2 is 1.62 bits per heavy atom. The Kier molecular flexibility index (Phi) is 8.97. The lowest BCUT2D eigenvalue weighted by molar-refractivity contribution is -0.385. The maximum atomic E-state index is 13.7. The molecule has 2 aromatic rings. The van der Waals surface area contributed by atoms with Gasteiger partial charge in [0.05, 0.1) is 28.3 Å². The van der Waals surface area contributed by atoms with Gasteiger partial charge in [-0.2, -0.15) is 26.3 Å².